The molecule has 0 atom stereocenters. The van der Waals surface area contributed by atoms with Gasteiger partial charge in [0.05, 0.1) is 0 Å². The van der Waals surface area contributed by atoms with Gasteiger partial charge in [-0.2, -0.15) is 0 Å². The standard InChI is InChI=1S/C48H30O2/c49-43-26-25-41(47-40-24-23-32(29-44(40)50-48(43)47)30-13-3-1-4-14-30)46-38-21-11-9-19-36(38)45(37-20-10-12-22-39(37)46)34-27-33-17-7-8-18-35(33)42(28-34)31-15-5-2-6-16-31/h1-29,49H. The van der Waals surface area contributed by atoms with Crippen molar-refractivity contribution in [2.24, 2.45) is 0 Å². The molecule has 1 heterocycles. The van der Waals surface area contributed by atoms with Crippen LogP contribution in [0.5, 0.6) is 5.75 Å². The number of furan rings is 1. The summed E-state index contributed by atoms with van der Waals surface area (Å²) < 4.78 is 6.47. The third-order valence-corrected chi connectivity index (χ3v) is 10.1. The third-order valence-electron chi connectivity index (χ3n) is 10.1. The molecule has 0 aliphatic rings. The van der Waals surface area contributed by atoms with E-state index in [1.165, 1.54) is 43.8 Å². The van der Waals surface area contributed by atoms with Crippen molar-refractivity contribution in [2.45, 2.75) is 0 Å². The van der Waals surface area contributed by atoms with Gasteiger partial charge in [-0.25, -0.2) is 0 Å². The lowest BCUT2D eigenvalue weighted by Crippen LogP contribution is -1.92. The molecule has 0 saturated carbocycles. The van der Waals surface area contributed by atoms with Crippen molar-refractivity contribution in [3.8, 4) is 50.3 Å². The van der Waals surface area contributed by atoms with E-state index in [0.717, 1.165) is 49.4 Å². The first-order chi connectivity index (χ1) is 24.7. The van der Waals surface area contributed by atoms with E-state index in [1.807, 2.05) is 18.2 Å². The van der Waals surface area contributed by atoms with E-state index in [0.29, 0.717) is 5.58 Å². The Morgan fingerprint density at radius 3 is 1.62 bits per heavy atom. The number of hydrogen-bond acceptors (Lipinski definition) is 2. The molecule has 0 aliphatic carbocycles. The Bertz CT molecular complexity index is 2860. The zero-order valence-electron chi connectivity index (χ0n) is 27.1. The molecule has 0 radical (unpaired) electrons. The molecule has 2 heteroatoms. The molecule has 10 aromatic rings. The van der Waals surface area contributed by atoms with Crippen molar-refractivity contribution >= 4 is 54.3 Å². The van der Waals surface area contributed by atoms with Gasteiger partial charge in [-0.05, 0) is 113 Å². The number of benzene rings is 9. The van der Waals surface area contributed by atoms with Crippen molar-refractivity contribution < 1.29 is 9.52 Å². The number of rotatable bonds is 4. The molecule has 9 aromatic carbocycles. The summed E-state index contributed by atoms with van der Waals surface area (Å²) in [5, 5.41) is 20.2. The van der Waals surface area contributed by atoms with E-state index in [4.69, 9.17) is 4.42 Å². The van der Waals surface area contributed by atoms with Crippen molar-refractivity contribution in [1.29, 1.82) is 0 Å². The molecule has 2 nitrogen and oxygen atoms in total. The molecule has 50 heavy (non-hydrogen) atoms. The normalized spacial score (nSPS) is 11.7. The predicted molar refractivity (Wildman–Crippen MR) is 210 cm³/mol. The monoisotopic (exact) mass is 638 g/mol. The molecule has 0 aliphatic heterocycles. The minimum atomic E-state index is 0.135. The van der Waals surface area contributed by atoms with Crippen LogP contribution in [-0.4, -0.2) is 5.11 Å². The predicted octanol–water partition coefficient (Wildman–Crippen LogP) is 13.4. The fourth-order valence-corrected chi connectivity index (χ4v) is 7.93. The fraction of sp³-hybridized carbons (Fsp3) is 0. The molecule has 0 amide bonds. The summed E-state index contributed by atoms with van der Waals surface area (Å²) >= 11 is 0. The molecule has 0 bridgehead atoms. The highest BCUT2D eigenvalue weighted by Gasteiger charge is 2.22. The van der Waals surface area contributed by atoms with Crippen molar-refractivity contribution in [1.82, 2.24) is 0 Å². The van der Waals surface area contributed by atoms with E-state index in [-0.39, 0.29) is 5.75 Å². The van der Waals surface area contributed by atoms with E-state index >= 15 is 0 Å². The van der Waals surface area contributed by atoms with E-state index in [2.05, 4.69) is 152 Å². The maximum Gasteiger partial charge on any atom is 0.177 e. The summed E-state index contributed by atoms with van der Waals surface area (Å²) in [7, 11) is 0. The number of aromatic hydroxyl groups is 1. The average Bonchev–Trinajstić information content (AvgIpc) is 3.58. The first kappa shape index (κ1) is 28.4. The van der Waals surface area contributed by atoms with E-state index in [1.54, 1.807) is 6.07 Å². The highest BCUT2D eigenvalue weighted by atomic mass is 16.4. The van der Waals surface area contributed by atoms with Crippen LogP contribution in [0.15, 0.2) is 180 Å². The van der Waals surface area contributed by atoms with Crippen LogP contribution in [0.25, 0.3) is 98.8 Å². The van der Waals surface area contributed by atoms with Crippen LogP contribution < -0.4 is 0 Å². The number of phenols is 1. The maximum absolute atomic E-state index is 11.2. The Labute approximate surface area is 289 Å². The zero-order valence-corrected chi connectivity index (χ0v) is 27.1. The van der Waals surface area contributed by atoms with Gasteiger partial charge in [0.15, 0.2) is 11.3 Å². The van der Waals surface area contributed by atoms with Crippen LogP contribution in [0.1, 0.15) is 0 Å². The molecule has 0 spiro atoms. The van der Waals surface area contributed by atoms with Gasteiger partial charge >= 0.3 is 0 Å². The third kappa shape index (κ3) is 4.36. The Morgan fingerprint density at radius 2 is 0.940 bits per heavy atom. The first-order valence-corrected chi connectivity index (χ1v) is 17.0. The van der Waals surface area contributed by atoms with E-state index in [9.17, 15) is 5.11 Å². The molecular formula is C48H30O2. The molecular weight excluding hydrogens is 609 g/mol. The van der Waals surface area contributed by atoms with Crippen LogP contribution in [0, 0.1) is 0 Å². The van der Waals surface area contributed by atoms with Gasteiger partial charge in [-0.3, -0.25) is 0 Å². The summed E-state index contributed by atoms with van der Waals surface area (Å²) in [6.45, 7) is 0. The second-order valence-electron chi connectivity index (χ2n) is 13.0. The van der Waals surface area contributed by atoms with Gasteiger partial charge < -0.3 is 9.52 Å². The second kappa shape index (κ2) is 11.2. The lowest BCUT2D eigenvalue weighted by atomic mass is 9.83. The van der Waals surface area contributed by atoms with Crippen LogP contribution in [-0.2, 0) is 0 Å². The maximum atomic E-state index is 11.2. The minimum absolute atomic E-state index is 0.135. The molecule has 0 fully saturated rings. The molecule has 234 valence electrons. The van der Waals surface area contributed by atoms with Crippen LogP contribution >= 0.6 is 0 Å². The molecule has 1 aromatic heterocycles. The van der Waals surface area contributed by atoms with Crippen LogP contribution in [0.3, 0.4) is 0 Å². The smallest absolute Gasteiger partial charge is 0.177 e. The average molecular weight is 639 g/mol. The van der Waals surface area contributed by atoms with Crippen LogP contribution in [0.4, 0.5) is 0 Å². The van der Waals surface area contributed by atoms with Crippen LogP contribution in [0.2, 0.25) is 0 Å². The second-order valence-corrected chi connectivity index (χ2v) is 13.0. The van der Waals surface area contributed by atoms with Gasteiger partial charge in [-0.1, -0.05) is 140 Å². The van der Waals surface area contributed by atoms with Gasteiger partial charge in [0, 0.05) is 10.8 Å². The number of phenolic OH excluding ortho intramolecular Hbond substituents is 1. The molecule has 1 N–H and O–H groups in total. The van der Waals surface area contributed by atoms with Gasteiger partial charge in [-0.15, -0.1) is 0 Å². The summed E-state index contributed by atoms with van der Waals surface area (Å²) in [6.07, 6.45) is 0. The number of hydrogen-bond donors (Lipinski definition) is 1. The van der Waals surface area contributed by atoms with Gasteiger partial charge in [0.25, 0.3) is 0 Å². The molecule has 10 rings (SSSR count). The Morgan fingerprint density at radius 1 is 0.360 bits per heavy atom. The Balaban J connectivity index is 1.29. The quantitative estimate of drug-likeness (QED) is 0.195. The Kier molecular flexibility index (Phi) is 6.37. The van der Waals surface area contributed by atoms with Crippen molar-refractivity contribution in [3.63, 3.8) is 0 Å². The van der Waals surface area contributed by atoms with E-state index < -0.39 is 0 Å². The van der Waals surface area contributed by atoms with Gasteiger partial charge in [0.2, 0.25) is 0 Å². The summed E-state index contributed by atoms with van der Waals surface area (Å²) in [4.78, 5) is 0. The minimum Gasteiger partial charge on any atom is -0.504 e. The lowest BCUT2D eigenvalue weighted by molar-refractivity contribution is 0.469. The molecule has 0 saturated heterocycles. The largest absolute Gasteiger partial charge is 0.504 e. The Hall–Kier alpha value is -6.64. The summed E-state index contributed by atoms with van der Waals surface area (Å²) in [6, 6.07) is 62.0. The highest BCUT2D eigenvalue weighted by Crippen LogP contribution is 2.49. The fourth-order valence-electron chi connectivity index (χ4n) is 7.93. The number of fused-ring (bicyclic) bond motifs is 6. The summed E-state index contributed by atoms with van der Waals surface area (Å²) in [5.74, 6) is 0.135. The lowest BCUT2D eigenvalue weighted by Gasteiger charge is -2.19. The zero-order chi connectivity index (χ0) is 33.2. The van der Waals surface area contributed by atoms with Crippen molar-refractivity contribution in [3.05, 3.63) is 176 Å². The van der Waals surface area contributed by atoms with Crippen molar-refractivity contribution in [2.75, 3.05) is 0 Å². The first-order valence-electron chi connectivity index (χ1n) is 17.0. The topological polar surface area (TPSA) is 33.4 Å². The summed E-state index contributed by atoms with van der Waals surface area (Å²) in [5.41, 5.74) is 10.4. The van der Waals surface area contributed by atoms with Gasteiger partial charge in [0.1, 0.15) is 5.58 Å². The SMILES string of the molecule is Oc1ccc(-c2c3ccccc3c(-c3cc(-c4ccccc4)c4ccccc4c3)c3ccccc23)c2c1oc1cc(-c3ccccc3)ccc12. The molecule has 0 unspecified atom stereocenters. The highest BCUT2D eigenvalue weighted by molar-refractivity contribution is 6.26.